The first-order valence-corrected chi connectivity index (χ1v) is 9.08. The van der Waals surface area contributed by atoms with Gasteiger partial charge in [-0.2, -0.15) is 0 Å². The second-order valence-electron chi connectivity index (χ2n) is 7.58. The van der Waals surface area contributed by atoms with E-state index in [1.807, 2.05) is 0 Å². The second kappa shape index (κ2) is 6.52. The summed E-state index contributed by atoms with van der Waals surface area (Å²) < 4.78 is 0. The summed E-state index contributed by atoms with van der Waals surface area (Å²) in [6.07, 6.45) is 14.3. The third-order valence-corrected chi connectivity index (χ3v) is 5.79. The van der Waals surface area contributed by atoms with E-state index in [1.165, 1.54) is 69.8 Å². The highest BCUT2D eigenvalue weighted by molar-refractivity contribution is 5.36. The molecule has 1 aromatic rings. The van der Waals surface area contributed by atoms with E-state index in [2.05, 4.69) is 25.1 Å². The normalized spacial score (nSPS) is 28.6. The van der Waals surface area contributed by atoms with Crippen LogP contribution in [0.1, 0.15) is 75.0 Å². The molecule has 0 saturated heterocycles. The standard InChI is InChI=1S/C20H31N/c1-2-3-5-16-10-12-20(21,13-11-16)15-17-8-9-18-6-4-7-19(18)14-17/h8-9,14,16H,2-7,10-13,15,21H2,1H3. The molecule has 2 N–H and O–H groups in total. The smallest absolute Gasteiger partial charge is 0.0195 e. The van der Waals surface area contributed by atoms with E-state index >= 15 is 0 Å². The van der Waals surface area contributed by atoms with Crippen LogP contribution in [0.25, 0.3) is 0 Å². The van der Waals surface area contributed by atoms with Crippen molar-refractivity contribution in [2.45, 2.75) is 83.1 Å². The molecular formula is C20H31N. The van der Waals surface area contributed by atoms with Crippen LogP contribution in [0.15, 0.2) is 18.2 Å². The van der Waals surface area contributed by atoms with Crippen LogP contribution in [0.2, 0.25) is 0 Å². The summed E-state index contributed by atoms with van der Waals surface area (Å²) in [7, 11) is 0. The van der Waals surface area contributed by atoms with Gasteiger partial charge in [-0.1, -0.05) is 44.4 Å². The molecule has 1 nitrogen and oxygen atoms in total. The monoisotopic (exact) mass is 285 g/mol. The van der Waals surface area contributed by atoms with E-state index < -0.39 is 0 Å². The molecule has 0 heterocycles. The molecule has 1 heteroatoms. The fourth-order valence-electron chi connectivity index (χ4n) is 4.35. The largest absolute Gasteiger partial charge is 0.325 e. The summed E-state index contributed by atoms with van der Waals surface area (Å²) in [5.74, 6) is 0.946. The van der Waals surface area contributed by atoms with Gasteiger partial charge in [-0.25, -0.2) is 0 Å². The average Bonchev–Trinajstić information content (AvgIpc) is 2.94. The fraction of sp³-hybridized carbons (Fsp3) is 0.700. The molecule has 2 aliphatic carbocycles. The Hall–Kier alpha value is -0.820. The highest BCUT2D eigenvalue weighted by atomic mass is 14.7. The van der Waals surface area contributed by atoms with Crippen molar-refractivity contribution < 1.29 is 0 Å². The Morgan fingerprint density at radius 3 is 2.67 bits per heavy atom. The van der Waals surface area contributed by atoms with Gasteiger partial charge >= 0.3 is 0 Å². The van der Waals surface area contributed by atoms with Crippen molar-refractivity contribution in [3.8, 4) is 0 Å². The minimum atomic E-state index is 0.0650. The molecular weight excluding hydrogens is 254 g/mol. The number of hydrogen-bond acceptors (Lipinski definition) is 1. The number of rotatable bonds is 5. The molecule has 0 unspecified atom stereocenters. The maximum absolute atomic E-state index is 6.73. The molecule has 0 aromatic heterocycles. The molecule has 21 heavy (non-hydrogen) atoms. The topological polar surface area (TPSA) is 26.0 Å². The molecule has 0 amide bonds. The zero-order chi connectivity index (χ0) is 14.7. The summed E-state index contributed by atoms with van der Waals surface area (Å²) >= 11 is 0. The Morgan fingerprint density at radius 2 is 1.90 bits per heavy atom. The molecule has 1 fully saturated rings. The lowest BCUT2D eigenvalue weighted by molar-refractivity contribution is 0.221. The van der Waals surface area contributed by atoms with E-state index in [-0.39, 0.29) is 5.54 Å². The number of unbranched alkanes of at least 4 members (excludes halogenated alkanes) is 1. The third kappa shape index (κ3) is 3.69. The predicted octanol–water partition coefficient (Wildman–Crippen LogP) is 4.80. The Kier molecular flexibility index (Phi) is 4.69. The van der Waals surface area contributed by atoms with E-state index in [1.54, 1.807) is 11.1 Å². The van der Waals surface area contributed by atoms with E-state index in [0.29, 0.717) is 0 Å². The first-order chi connectivity index (χ1) is 10.2. The highest BCUT2D eigenvalue weighted by Gasteiger charge is 2.31. The Balaban J connectivity index is 1.57. The minimum Gasteiger partial charge on any atom is -0.325 e. The number of nitrogens with two attached hydrogens (primary N) is 1. The Labute approximate surface area is 130 Å². The quantitative estimate of drug-likeness (QED) is 0.826. The van der Waals surface area contributed by atoms with Gasteiger partial charge in [0.05, 0.1) is 0 Å². The molecule has 1 saturated carbocycles. The first-order valence-electron chi connectivity index (χ1n) is 9.08. The number of aryl methyl sites for hydroxylation is 2. The van der Waals surface area contributed by atoms with Gasteiger partial charge in [0.25, 0.3) is 0 Å². The lowest BCUT2D eigenvalue weighted by Gasteiger charge is -2.37. The Bertz CT molecular complexity index is 469. The molecule has 0 radical (unpaired) electrons. The molecule has 0 spiro atoms. The van der Waals surface area contributed by atoms with Gasteiger partial charge in [-0.3, -0.25) is 0 Å². The summed E-state index contributed by atoms with van der Waals surface area (Å²) in [4.78, 5) is 0. The molecule has 116 valence electrons. The molecule has 2 aliphatic rings. The van der Waals surface area contributed by atoms with Crippen LogP contribution in [0, 0.1) is 5.92 Å². The molecule has 0 atom stereocenters. The van der Waals surface area contributed by atoms with Crippen LogP contribution in [-0.4, -0.2) is 5.54 Å². The van der Waals surface area contributed by atoms with Crippen molar-refractivity contribution in [2.75, 3.05) is 0 Å². The number of benzene rings is 1. The van der Waals surface area contributed by atoms with Gasteiger partial charge in [-0.15, -0.1) is 0 Å². The van der Waals surface area contributed by atoms with Gasteiger partial charge in [0.1, 0.15) is 0 Å². The number of fused-ring (bicyclic) bond motifs is 1. The van der Waals surface area contributed by atoms with E-state index in [9.17, 15) is 0 Å². The van der Waals surface area contributed by atoms with Crippen molar-refractivity contribution in [1.82, 2.24) is 0 Å². The van der Waals surface area contributed by atoms with Crippen LogP contribution in [-0.2, 0) is 19.3 Å². The lowest BCUT2D eigenvalue weighted by Crippen LogP contribution is -2.45. The van der Waals surface area contributed by atoms with Crippen LogP contribution < -0.4 is 5.73 Å². The zero-order valence-corrected chi connectivity index (χ0v) is 13.7. The lowest BCUT2D eigenvalue weighted by atomic mass is 9.73. The van der Waals surface area contributed by atoms with Crippen molar-refractivity contribution >= 4 is 0 Å². The van der Waals surface area contributed by atoms with Crippen molar-refractivity contribution in [1.29, 1.82) is 0 Å². The predicted molar refractivity (Wildman–Crippen MR) is 90.6 cm³/mol. The summed E-state index contributed by atoms with van der Waals surface area (Å²) in [6, 6.07) is 7.13. The summed E-state index contributed by atoms with van der Waals surface area (Å²) in [5, 5.41) is 0. The van der Waals surface area contributed by atoms with Crippen molar-refractivity contribution in [3.05, 3.63) is 34.9 Å². The molecule has 0 bridgehead atoms. The van der Waals surface area contributed by atoms with Crippen molar-refractivity contribution in [2.24, 2.45) is 11.7 Å². The maximum Gasteiger partial charge on any atom is 0.0195 e. The van der Waals surface area contributed by atoms with Gasteiger partial charge in [0, 0.05) is 5.54 Å². The van der Waals surface area contributed by atoms with Crippen molar-refractivity contribution in [3.63, 3.8) is 0 Å². The minimum absolute atomic E-state index is 0.0650. The molecule has 1 aromatic carbocycles. The van der Waals surface area contributed by atoms with Crippen LogP contribution in [0.5, 0.6) is 0 Å². The van der Waals surface area contributed by atoms with Gasteiger partial charge in [-0.05, 0) is 74.0 Å². The third-order valence-electron chi connectivity index (χ3n) is 5.79. The van der Waals surface area contributed by atoms with E-state index in [4.69, 9.17) is 5.73 Å². The highest BCUT2D eigenvalue weighted by Crippen LogP contribution is 2.35. The summed E-state index contributed by atoms with van der Waals surface area (Å²) in [6.45, 7) is 2.30. The summed E-state index contributed by atoms with van der Waals surface area (Å²) in [5.41, 5.74) is 11.4. The van der Waals surface area contributed by atoms with Crippen LogP contribution in [0.4, 0.5) is 0 Å². The SMILES string of the molecule is CCCCC1CCC(N)(Cc2ccc3c(c2)CCC3)CC1. The van der Waals surface area contributed by atoms with Crippen LogP contribution >= 0.6 is 0 Å². The van der Waals surface area contributed by atoms with E-state index in [0.717, 1.165) is 12.3 Å². The average molecular weight is 285 g/mol. The Morgan fingerprint density at radius 1 is 1.14 bits per heavy atom. The second-order valence-corrected chi connectivity index (χ2v) is 7.58. The fourth-order valence-corrected chi connectivity index (χ4v) is 4.35. The number of hydrogen-bond donors (Lipinski definition) is 1. The zero-order valence-electron chi connectivity index (χ0n) is 13.7. The molecule has 3 rings (SSSR count). The van der Waals surface area contributed by atoms with Crippen LogP contribution in [0.3, 0.4) is 0 Å². The maximum atomic E-state index is 6.73. The first kappa shape index (κ1) is 15.1. The van der Waals surface area contributed by atoms with Gasteiger partial charge in [0.2, 0.25) is 0 Å². The molecule has 0 aliphatic heterocycles. The van der Waals surface area contributed by atoms with Gasteiger partial charge < -0.3 is 5.73 Å². The van der Waals surface area contributed by atoms with Gasteiger partial charge in [0.15, 0.2) is 0 Å².